The number of benzene rings is 1. The second kappa shape index (κ2) is 6.21. The maximum atomic E-state index is 12.8. The summed E-state index contributed by atoms with van der Waals surface area (Å²) in [6.07, 6.45) is 2.24. The predicted molar refractivity (Wildman–Crippen MR) is 80.0 cm³/mol. The zero-order chi connectivity index (χ0) is 14.7. The molecule has 1 unspecified atom stereocenters. The highest BCUT2D eigenvalue weighted by Crippen LogP contribution is 2.36. The molecular weight excluding hydrogens is 250 g/mol. The van der Waals surface area contributed by atoms with Crippen LogP contribution in [0, 0.1) is 6.92 Å². The number of amides is 1. The fourth-order valence-corrected chi connectivity index (χ4v) is 3.09. The van der Waals surface area contributed by atoms with Gasteiger partial charge in [0.1, 0.15) is 0 Å². The van der Waals surface area contributed by atoms with E-state index < -0.39 is 0 Å². The van der Waals surface area contributed by atoms with Crippen molar-refractivity contribution in [2.45, 2.75) is 46.0 Å². The second-order valence-corrected chi connectivity index (χ2v) is 5.54. The molecule has 0 saturated heterocycles. The number of fused-ring (bicyclic) bond motifs is 1. The number of aryl methyl sites for hydroxylation is 1. The lowest BCUT2D eigenvalue weighted by Gasteiger charge is -2.25. The Hall–Kier alpha value is -1.64. The molecule has 1 aromatic rings. The smallest absolute Gasteiger partial charge is 0.230 e. The molecule has 108 valence electrons. The third-order valence-electron chi connectivity index (χ3n) is 3.96. The molecule has 1 amide bonds. The predicted octanol–water partition coefficient (Wildman–Crippen LogP) is 3.31. The van der Waals surface area contributed by atoms with Crippen molar-refractivity contribution in [1.29, 1.82) is 0 Å². The van der Waals surface area contributed by atoms with Gasteiger partial charge in [0.05, 0.1) is 5.92 Å². The topological polar surface area (TPSA) is 37.4 Å². The van der Waals surface area contributed by atoms with Gasteiger partial charge in [-0.25, -0.2) is 0 Å². The summed E-state index contributed by atoms with van der Waals surface area (Å²) in [6, 6.07) is 5.73. The summed E-state index contributed by atoms with van der Waals surface area (Å²) in [7, 11) is 0. The van der Waals surface area contributed by atoms with Crippen molar-refractivity contribution in [1.82, 2.24) is 4.90 Å². The van der Waals surface area contributed by atoms with Gasteiger partial charge in [0, 0.05) is 25.1 Å². The largest absolute Gasteiger partial charge is 0.342 e. The molecule has 2 rings (SSSR count). The van der Waals surface area contributed by atoms with Crippen LogP contribution in [0.4, 0.5) is 0 Å². The molecule has 0 aromatic heterocycles. The summed E-state index contributed by atoms with van der Waals surface area (Å²) >= 11 is 0. The highest BCUT2D eigenvalue weighted by Gasteiger charge is 2.37. The van der Waals surface area contributed by atoms with Crippen molar-refractivity contribution in [3.8, 4) is 0 Å². The molecule has 0 spiro atoms. The first-order valence-corrected chi connectivity index (χ1v) is 7.51. The van der Waals surface area contributed by atoms with E-state index in [4.69, 9.17) is 0 Å². The lowest BCUT2D eigenvalue weighted by Crippen LogP contribution is -2.36. The van der Waals surface area contributed by atoms with Crippen LogP contribution in [-0.2, 0) is 4.79 Å². The van der Waals surface area contributed by atoms with Gasteiger partial charge in [0.25, 0.3) is 0 Å². The van der Waals surface area contributed by atoms with Gasteiger partial charge in [0.2, 0.25) is 5.91 Å². The fraction of sp³-hybridized carbons (Fsp3) is 0.529. The fourth-order valence-electron chi connectivity index (χ4n) is 3.09. The van der Waals surface area contributed by atoms with Crippen molar-refractivity contribution in [3.63, 3.8) is 0 Å². The first-order valence-electron chi connectivity index (χ1n) is 7.51. The molecule has 0 aliphatic heterocycles. The van der Waals surface area contributed by atoms with E-state index in [-0.39, 0.29) is 17.6 Å². The van der Waals surface area contributed by atoms with Crippen LogP contribution >= 0.6 is 0 Å². The third-order valence-corrected chi connectivity index (χ3v) is 3.96. The molecule has 0 fully saturated rings. The molecule has 0 saturated carbocycles. The maximum absolute atomic E-state index is 12.8. The molecule has 0 heterocycles. The summed E-state index contributed by atoms with van der Waals surface area (Å²) in [6.45, 7) is 7.70. The number of carbonyl (C=O) groups is 2. The quantitative estimate of drug-likeness (QED) is 0.825. The molecule has 0 bridgehead atoms. The summed E-state index contributed by atoms with van der Waals surface area (Å²) in [5.41, 5.74) is 2.76. The summed E-state index contributed by atoms with van der Waals surface area (Å²) in [5.74, 6) is -0.0399. The van der Waals surface area contributed by atoms with E-state index in [2.05, 4.69) is 13.8 Å². The van der Waals surface area contributed by atoms with Gasteiger partial charge in [-0.1, -0.05) is 32.0 Å². The maximum Gasteiger partial charge on any atom is 0.230 e. The number of carbonyl (C=O) groups excluding carboxylic acids is 2. The van der Waals surface area contributed by atoms with E-state index in [1.54, 1.807) is 0 Å². The number of Topliss-reactive ketones (excluding diaryl/α,β-unsaturated/α-hetero) is 1. The van der Waals surface area contributed by atoms with E-state index in [0.29, 0.717) is 6.42 Å². The highest BCUT2D eigenvalue weighted by molar-refractivity contribution is 6.07. The molecule has 1 aliphatic rings. The first kappa shape index (κ1) is 14.8. The van der Waals surface area contributed by atoms with Crippen LogP contribution < -0.4 is 0 Å². The average Bonchev–Trinajstić information content (AvgIpc) is 2.77. The second-order valence-electron chi connectivity index (χ2n) is 5.54. The lowest BCUT2D eigenvalue weighted by molar-refractivity contribution is -0.132. The monoisotopic (exact) mass is 273 g/mol. The Bertz CT molecular complexity index is 516. The minimum atomic E-state index is -0.267. The Kier molecular flexibility index (Phi) is 4.58. The molecule has 1 aromatic carbocycles. The molecule has 3 heteroatoms. The summed E-state index contributed by atoms with van der Waals surface area (Å²) in [4.78, 5) is 26.8. The van der Waals surface area contributed by atoms with E-state index in [0.717, 1.165) is 42.6 Å². The van der Waals surface area contributed by atoms with Crippen LogP contribution in [0.25, 0.3) is 0 Å². The Morgan fingerprint density at radius 3 is 2.50 bits per heavy atom. The van der Waals surface area contributed by atoms with E-state index >= 15 is 0 Å². The molecule has 20 heavy (non-hydrogen) atoms. The molecule has 0 radical (unpaired) electrons. The van der Waals surface area contributed by atoms with Crippen molar-refractivity contribution < 1.29 is 9.59 Å². The van der Waals surface area contributed by atoms with Gasteiger partial charge < -0.3 is 4.90 Å². The van der Waals surface area contributed by atoms with E-state index in [1.165, 1.54) is 0 Å². The van der Waals surface area contributed by atoms with Gasteiger partial charge in [-0.15, -0.1) is 0 Å². The van der Waals surface area contributed by atoms with Gasteiger partial charge in [-0.05, 0) is 30.9 Å². The van der Waals surface area contributed by atoms with Crippen molar-refractivity contribution in [2.75, 3.05) is 13.1 Å². The zero-order valence-corrected chi connectivity index (χ0v) is 12.6. The normalized spacial score (nSPS) is 17.1. The average molecular weight is 273 g/mol. The van der Waals surface area contributed by atoms with Gasteiger partial charge in [-0.2, -0.15) is 0 Å². The Morgan fingerprint density at radius 1 is 1.25 bits per heavy atom. The van der Waals surface area contributed by atoms with Crippen molar-refractivity contribution in [3.05, 3.63) is 34.9 Å². The first-order chi connectivity index (χ1) is 9.60. The van der Waals surface area contributed by atoms with Gasteiger partial charge in [0.15, 0.2) is 5.78 Å². The van der Waals surface area contributed by atoms with Crippen LogP contribution in [0.1, 0.15) is 60.5 Å². The molecule has 1 aliphatic carbocycles. The molecule has 1 atom stereocenters. The number of rotatable bonds is 5. The minimum Gasteiger partial charge on any atom is -0.342 e. The highest BCUT2D eigenvalue weighted by atomic mass is 16.2. The summed E-state index contributed by atoms with van der Waals surface area (Å²) < 4.78 is 0. The SMILES string of the molecule is CCCN(CCC)C(=O)C1CC(=O)c2cccc(C)c21. The van der Waals surface area contributed by atoms with Crippen LogP contribution in [0.2, 0.25) is 0 Å². The number of hydrogen-bond acceptors (Lipinski definition) is 2. The van der Waals surface area contributed by atoms with Crippen LogP contribution in [0.3, 0.4) is 0 Å². The van der Waals surface area contributed by atoms with Gasteiger partial charge in [-0.3, -0.25) is 9.59 Å². The van der Waals surface area contributed by atoms with Crippen LogP contribution in [0.15, 0.2) is 18.2 Å². The van der Waals surface area contributed by atoms with Gasteiger partial charge >= 0.3 is 0 Å². The Balaban J connectivity index is 2.31. The zero-order valence-electron chi connectivity index (χ0n) is 12.6. The van der Waals surface area contributed by atoms with Crippen LogP contribution in [0.5, 0.6) is 0 Å². The van der Waals surface area contributed by atoms with Crippen LogP contribution in [-0.4, -0.2) is 29.7 Å². The van der Waals surface area contributed by atoms with E-state index in [9.17, 15) is 9.59 Å². The number of nitrogens with zero attached hydrogens (tertiary/aromatic N) is 1. The third kappa shape index (κ3) is 2.62. The van der Waals surface area contributed by atoms with Crippen molar-refractivity contribution in [2.24, 2.45) is 0 Å². The lowest BCUT2D eigenvalue weighted by atomic mass is 9.95. The molecular formula is C17H23NO2. The van der Waals surface area contributed by atoms with E-state index in [1.807, 2.05) is 30.0 Å². The van der Waals surface area contributed by atoms with Crippen molar-refractivity contribution >= 4 is 11.7 Å². The summed E-state index contributed by atoms with van der Waals surface area (Å²) in [5, 5.41) is 0. The minimum absolute atomic E-state index is 0.106. The molecule has 3 nitrogen and oxygen atoms in total. The molecule has 0 N–H and O–H groups in total. The Labute approximate surface area is 121 Å². The standard InChI is InChI=1S/C17H23NO2/c1-4-9-18(10-5-2)17(20)14-11-15(19)13-8-6-7-12(3)16(13)14/h6-8,14H,4-5,9-11H2,1-3H3. The Morgan fingerprint density at radius 2 is 1.90 bits per heavy atom. The number of ketones is 1. The number of hydrogen-bond donors (Lipinski definition) is 0.